The van der Waals surface area contributed by atoms with Gasteiger partial charge in [0.2, 0.25) is 0 Å². The van der Waals surface area contributed by atoms with Crippen molar-refractivity contribution >= 4 is 17.7 Å². The van der Waals surface area contributed by atoms with Crippen molar-refractivity contribution in [3.8, 4) is 11.5 Å². The lowest BCUT2D eigenvalue weighted by atomic mass is 10.0. The number of benzene rings is 2. The van der Waals surface area contributed by atoms with E-state index in [1.54, 1.807) is 36.4 Å². The van der Waals surface area contributed by atoms with Gasteiger partial charge in [0.25, 0.3) is 17.7 Å². The number of carbonyl (C=O) groups is 3. The van der Waals surface area contributed by atoms with Crippen LogP contribution in [0.3, 0.4) is 0 Å². The summed E-state index contributed by atoms with van der Waals surface area (Å²) < 4.78 is 11.0. The average molecular weight is 456 g/mol. The quantitative estimate of drug-likeness (QED) is 0.376. The summed E-state index contributed by atoms with van der Waals surface area (Å²) in [5.41, 5.74) is 6.49. The minimum absolute atomic E-state index is 0.199. The lowest BCUT2D eigenvalue weighted by molar-refractivity contribution is -0.124. The molecule has 0 aromatic heterocycles. The summed E-state index contributed by atoms with van der Waals surface area (Å²) in [7, 11) is 1.50. The molecule has 0 bridgehead atoms. The summed E-state index contributed by atoms with van der Waals surface area (Å²) in [6.45, 7) is 8.13. The molecule has 33 heavy (non-hydrogen) atoms. The summed E-state index contributed by atoms with van der Waals surface area (Å²) >= 11 is 0. The van der Waals surface area contributed by atoms with Crippen molar-refractivity contribution < 1.29 is 23.9 Å². The summed E-state index contributed by atoms with van der Waals surface area (Å²) in [5.74, 6) is -0.626. The van der Waals surface area contributed by atoms with Gasteiger partial charge in [0.15, 0.2) is 11.5 Å². The Hall–Kier alpha value is -3.55. The second-order valence-electron chi connectivity index (χ2n) is 8.08. The molecule has 0 fully saturated rings. The highest BCUT2D eigenvalue weighted by Gasteiger charge is 2.25. The number of hydrogen-bond acceptors (Lipinski definition) is 5. The van der Waals surface area contributed by atoms with Gasteiger partial charge < -0.3 is 14.8 Å². The molecule has 8 nitrogen and oxygen atoms in total. The van der Waals surface area contributed by atoms with Gasteiger partial charge in [0, 0.05) is 11.1 Å². The first-order chi connectivity index (χ1) is 15.8. The molecule has 0 aliphatic rings. The van der Waals surface area contributed by atoms with Crippen LogP contribution in [0.4, 0.5) is 0 Å². The van der Waals surface area contributed by atoms with Gasteiger partial charge in [-0.3, -0.25) is 25.2 Å². The highest BCUT2D eigenvalue weighted by atomic mass is 16.5. The number of aryl methyl sites for hydroxylation is 1. The van der Waals surface area contributed by atoms with Crippen molar-refractivity contribution in [1.82, 2.24) is 16.2 Å². The molecule has 8 heteroatoms. The summed E-state index contributed by atoms with van der Waals surface area (Å²) in [6.07, 6.45) is 1.92. The first kappa shape index (κ1) is 25.7. The number of carbonyl (C=O) groups excluding carboxylic acids is 3. The molecular formula is C25H33N3O5. The van der Waals surface area contributed by atoms with E-state index in [2.05, 4.69) is 23.1 Å². The fraction of sp³-hybridized carbons (Fsp3) is 0.400. The second kappa shape index (κ2) is 12.5. The zero-order valence-corrected chi connectivity index (χ0v) is 19.9. The van der Waals surface area contributed by atoms with E-state index in [1.165, 1.54) is 7.11 Å². The minimum Gasteiger partial charge on any atom is -0.493 e. The number of rotatable bonds is 10. The van der Waals surface area contributed by atoms with Crippen LogP contribution in [0.2, 0.25) is 0 Å². The van der Waals surface area contributed by atoms with E-state index in [1.807, 2.05) is 26.8 Å². The molecule has 0 saturated heterocycles. The van der Waals surface area contributed by atoms with Crippen LogP contribution < -0.4 is 25.6 Å². The summed E-state index contributed by atoms with van der Waals surface area (Å²) in [6, 6.07) is 11.1. The SMILES string of the molecule is CCCCOc1ccc(C(=O)NNC(=O)[C@@H](NC(=O)c2cccc(C)c2)C(C)C)cc1OC. The number of nitrogens with one attached hydrogen (secondary N) is 3. The molecule has 0 saturated carbocycles. The van der Waals surface area contributed by atoms with Crippen LogP contribution in [-0.4, -0.2) is 37.5 Å². The zero-order valence-electron chi connectivity index (χ0n) is 19.9. The van der Waals surface area contributed by atoms with Crippen LogP contribution in [0.25, 0.3) is 0 Å². The van der Waals surface area contributed by atoms with E-state index < -0.39 is 17.9 Å². The predicted molar refractivity (Wildman–Crippen MR) is 126 cm³/mol. The largest absolute Gasteiger partial charge is 0.493 e. The molecule has 3 N–H and O–H groups in total. The van der Waals surface area contributed by atoms with Gasteiger partial charge in [-0.05, 0) is 49.6 Å². The molecule has 2 rings (SSSR count). The van der Waals surface area contributed by atoms with E-state index in [0.717, 1.165) is 18.4 Å². The van der Waals surface area contributed by atoms with Crippen LogP contribution in [0.1, 0.15) is 59.9 Å². The highest BCUT2D eigenvalue weighted by molar-refractivity contribution is 5.99. The number of ether oxygens (including phenoxy) is 2. The Kier molecular flexibility index (Phi) is 9.72. The lowest BCUT2D eigenvalue weighted by Gasteiger charge is -2.22. The zero-order chi connectivity index (χ0) is 24.4. The van der Waals surface area contributed by atoms with E-state index in [9.17, 15) is 14.4 Å². The molecule has 0 aliphatic heterocycles. The minimum atomic E-state index is -0.831. The van der Waals surface area contributed by atoms with Crippen molar-refractivity contribution in [2.24, 2.45) is 5.92 Å². The number of hydrazine groups is 1. The number of methoxy groups -OCH3 is 1. The second-order valence-corrected chi connectivity index (χ2v) is 8.08. The van der Waals surface area contributed by atoms with Crippen LogP contribution in [0, 0.1) is 12.8 Å². The Morgan fingerprint density at radius 2 is 1.67 bits per heavy atom. The Bertz CT molecular complexity index is 974. The van der Waals surface area contributed by atoms with Crippen LogP contribution in [-0.2, 0) is 4.79 Å². The molecule has 0 spiro atoms. The van der Waals surface area contributed by atoms with Gasteiger partial charge in [0.05, 0.1) is 13.7 Å². The van der Waals surface area contributed by atoms with Gasteiger partial charge in [-0.15, -0.1) is 0 Å². The highest BCUT2D eigenvalue weighted by Crippen LogP contribution is 2.28. The number of unbranched alkanes of at least 4 members (excludes halogenated alkanes) is 1. The Balaban J connectivity index is 2.00. The van der Waals surface area contributed by atoms with Crippen molar-refractivity contribution in [3.05, 3.63) is 59.2 Å². The van der Waals surface area contributed by atoms with Gasteiger partial charge in [-0.25, -0.2) is 0 Å². The maximum atomic E-state index is 12.7. The third-order valence-electron chi connectivity index (χ3n) is 5.00. The maximum Gasteiger partial charge on any atom is 0.269 e. The van der Waals surface area contributed by atoms with Crippen molar-refractivity contribution in [2.45, 2.75) is 46.6 Å². The molecule has 178 valence electrons. The molecule has 0 unspecified atom stereocenters. The Morgan fingerprint density at radius 3 is 2.30 bits per heavy atom. The van der Waals surface area contributed by atoms with Gasteiger partial charge >= 0.3 is 0 Å². The van der Waals surface area contributed by atoms with Gasteiger partial charge in [-0.2, -0.15) is 0 Å². The van der Waals surface area contributed by atoms with Crippen molar-refractivity contribution in [2.75, 3.05) is 13.7 Å². The number of hydrogen-bond donors (Lipinski definition) is 3. The molecule has 1 atom stereocenters. The lowest BCUT2D eigenvalue weighted by Crippen LogP contribution is -2.54. The van der Waals surface area contributed by atoms with Crippen molar-refractivity contribution in [1.29, 1.82) is 0 Å². The monoisotopic (exact) mass is 455 g/mol. The molecule has 2 aromatic rings. The van der Waals surface area contributed by atoms with E-state index in [-0.39, 0.29) is 11.8 Å². The van der Waals surface area contributed by atoms with E-state index in [4.69, 9.17) is 9.47 Å². The topological polar surface area (TPSA) is 106 Å². The first-order valence-corrected chi connectivity index (χ1v) is 11.0. The Labute approximate surface area is 195 Å². The van der Waals surface area contributed by atoms with E-state index in [0.29, 0.717) is 29.2 Å². The third kappa shape index (κ3) is 7.52. The predicted octanol–water partition coefficient (Wildman–Crippen LogP) is 3.40. The molecule has 3 amide bonds. The fourth-order valence-electron chi connectivity index (χ4n) is 3.07. The maximum absolute atomic E-state index is 12.7. The average Bonchev–Trinajstić information content (AvgIpc) is 2.80. The van der Waals surface area contributed by atoms with Gasteiger partial charge in [0.1, 0.15) is 6.04 Å². The summed E-state index contributed by atoms with van der Waals surface area (Å²) in [4.78, 5) is 37.8. The van der Waals surface area contributed by atoms with E-state index >= 15 is 0 Å². The third-order valence-corrected chi connectivity index (χ3v) is 5.00. The number of amides is 3. The van der Waals surface area contributed by atoms with Crippen LogP contribution >= 0.6 is 0 Å². The molecule has 0 radical (unpaired) electrons. The van der Waals surface area contributed by atoms with Crippen LogP contribution in [0.15, 0.2) is 42.5 Å². The summed E-state index contributed by atoms with van der Waals surface area (Å²) in [5, 5.41) is 2.73. The standard InChI is InChI=1S/C25H33N3O5/c1-6-7-13-33-20-12-11-19(15-21(20)32-5)24(30)27-28-25(31)22(16(2)3)26-23(29)18-10-8-9-17(4)14-18/h8-12,14-16,22H,6-7,13H2,1-5H3,(H,26,29)(H,27,30)(H,28,31)/t22-/m0/s1. The fourth-order valence-corrected chi connectivity index (χ4v) is 3.07. The Morgan fingerprint density at radius 1 is 0.939 bits per heavy atom. The van der Waals surface area contributed by atoms with Crippen molar-refractivity contribution in [3.63, 3.8) is 0 Å². The normalized spacial score (nSPS) is 11.5. The molecule has 0 heterocycles. The van der Waals surface area contributed by atoms with Crippen LogP contribution in [0.5, 0.6) is 11.5 Å². The molecular weight excluding hydrogens is 422 g/mol. The van der Waals surface area contributed by atoms with Gasteiger partial charge in [-0.1, -0.05) is 44.9 Å². The molecule has 0 aliphatic carbocycles. The molecule has 2 aromatic carbocycles. The first-order valence-electron chi connectivity index (χ1n) is 11.0. The smallest absolute Gasteiger partial charge is 0.269 e.